The molecule has 2 aromatic heterocycles. The quantitative estimate of drug-likeness (QED) is 0.722. The molecule has 0 radical (unpaired) electrons. The Kier molecular flexibility index (Phi) is 3.85. The first-order valence-corrected chi connectivity index (χ1v) is 9.36. The lowest BCUT2D eigenvalue weighted by atomic mass is 9.87. The minimum Gasteiger partial charge on any atom is -0.486 e. The number of aromatic nitrogens is 2. The van der Waals surface area contributed by atoms with Crippen LogP contribution >= 0.6 is 0 Å². The predicted octanol–water partition coefficient (Wildman–Crippen LogP) is 2.49. The first kappa shape index (κ1) is 16.9. The Hall–Kier alpha value is -3.29. The molecule has 0 unspecified atom stereocenters. The van der Waals surface area contributed by atoms with E-state index >= 15 is 0 Å². The predicted molar refractivity (Wildman–Crippen MR) is 99.7 cm³/mol. The number of nitrogens with zero attached hydrogens (tertiary/aromatic N) is 1. The van der Waals surface area contributed by atoms with E-state index in [9.17, 15) is 9.59 Å². The van der Waals surface area contributed by atoms with Crippen LogP contribution in [0.25, 0.3) is 11.2 Å². The molecule has 0 saturated heterocycles. The van der Waals surface area contributed by atoms with E-state index in [1.54, 1.807) is 12.1 Å². The number of aromatic amines is 1. The number of carbonyl (C=O) groups is 1. The van der Waals surface area contributed by atoms with E-state index in [4.69, 9.17) is 13.9 Å². The molecule has 1 aliphatic heterocycles. The average molecular weight is 381 g/mol. The summed E-state index contributed by atoms with van der Waals surface area (Å²) in [6.45, 7) is 1.06. The molecule has 2 aliphatic rings. The van der Waals surface area contributed by atoms with Crippen LogP contribution in [-0.4, -0.2) is 29.1 Å². The van der Waals surface area contributed by atoms with E-state index in [0.29, 0.717) is 24.5 Å². The van der Waals surface area contributed by atoms with Crippen LogP contribution in [0.1, 0.15) is 41.7 Å². The number of ether oxygens (including phenoxy) is 2. The molecule has 1 amide bonds. The van der Waals surface area contributed by atoms with Crippen LogP contribution in [0, 0.1) is 0 Å². The van der Waals surface area contributed by atoms with Crippen molar-refractivity contribution >= 4 is 17.1 Å². The van der Waals surface area contributed by atoms with Crippen molar-refractivity contribution in [3.05, 3.63) is 52.1 Å². The number of hydrogen-bond donors (Lipinski definition) is 2. The summed E-state index contributed by atoms with van der Waals surface area (Å²) in [6.07, 6.45) is 3.72. The molecule has 1 aromatic carbocycles. The summed E-state index contributed by atoms with van der Waals surface area (Å²) in [7, 11) is 0. The van der Waals surface area contributed by atoms with Gasteiger partial charge in [0.2, 0.25) is 0 Å². The Bertz CT molecular complexity index is 1110. The van der Waals surface area contributed by atoms with Crippen LogP contribution in [0.4, 0.5) is 0 Å². The number of benzene rings is 1. The summed E-state index contributed by atoms with van der Waals surface area (Å²) in [5.74, 6) is 0.551. The normalized spacial score (nSPS) is 17.6. The molecule has 0 spiro atoms. The average Bonchev–Trinajstić information content (AvgIpc) is 3.33. The standard InChI is InChI=1S/C20H19N3O5/c24-18(13-4-6-15-17(21-13)22-19(25)28-15)23-20(7-1-2-8-20)12-3-5-14-16(11-12)27-10-9-26-14/h3-6,11H,1-2,7-10H2,(H,23,24)(H,21,22,25). The lowest BCUT2D eigenvalue weighted by molar-refractivity contribution is 0.0892. The van der Waals surface area contributed by atoms with Gasteiger partial charge in [-0.15, -0.1) is 0 Å². The fourth-order valence-corrected chi connectivity index (χ4v) is 4.05. The zero-order valence-corrected chi connectivity index (χ0v) is 15.1. The smallest absolute Gasteiger partial charge is 0.418 e. The molecular formula is C20H19N3O5. The molecule has 8 heteroatoms. The third kappa shape index (κ3) is 2.81. The van der Waals surface area contributed by atoms with E-state index in [1.165, 1.54) is 0 Å². The molecule has 3 aromatic rings. The van der Waals surface area contributed by atoms with Gasteiger partial charge in [0.25, 0.3) is 5.91 Å². The molecule has 3 heterocycles. The van der Waals surface area contributed by atoms with Gasteiger partial charge in [0.1, 0.15) is 18.9 Å². The molecule has 28 heavy (non-hydrogen) atoms. The molecule has 8 nitrogen and oxygen atoms in total. The number of amides is 1. The van der Waals surface area contributed by atoms with Crippen LogP contribution in [-0.2, 0) is 5.54 Å². The van der Waals surface area contributed by atoms with E-state index < -0.39 is 11.3 Å². The second-order valence-corrected chi connectivity index (χ2v) is 7.16. The van der Waals surface area contributed by atoms with Crippen molar-refractivity contribution in [2.75, 3.05) is 13.2 Å². The Morgan fingerprint density at radius 1 is 1.07 bits per heavy atom. The highest BCUT2D eigenvalue weighted by molar-refractivity contribution is 5.94. The van der Waals surface area contributed by atoms with Crippen LogP contribution in [0.15, 0.2) is 39.5 Å². The van der Waals surface area contributed by atoms with Crippen molar-refractivity contribution in [3.8, 4) is 11.5 Å². The second-order valence-electron chi connectivity index (χ2n) is 7.16. The second kappa shape index (κ2) is 6.40. The maximum Gasteiger partial charge on any atom is 0.418 e. The van der Waals surface area contributed by atoms with Crippen molar-refractivity contribution in [2.24, 2.45) is 0 Å². The van der Waals surface area contributed by atoms with Crippen molar-refractivity contribution in [3.63, 3.8) is 0 Å². The summed E-state index contributed by atoms with van der Waals surface area (Å²) in [5.41, 5.74) is 1.34. The van der Waals surface area contributed by atoms with Crippen molar-refractivity contribution in [2.45, 2.75) is 31.2 Å². The zero-order chi connectivity index (χ0) is 19.1. The maximum atomic E-state index is 13.0. The van der Waals surface area contributed by atoms with Gasteiger partial charge >= 0.3 is 5.76 Å². The fraction of sp³-hybridized carbons (Fsp3) is 0.350. The Morgan fingerprint density at radius 2 is 1.86 bits per heavy atom. The minimum absolute atomic E-state index is 0.230. The van der Waals surface area contributed by atoms with Gasteiger partial charge < -0.3 is 19.2 Å². The topological polar surface area (TPSA) is 106 Å². The number of H-pyrrole nitrogens is 1. The van der Waals surface area contributed by atoms with Gasteiger partial charge in [0, 0.05) is 0 Å². The van der Waals surface area contributed by atoms with E-state index in [-0.39, 0.29) is 17.2 Å². The number of carbonyl (C=O) groups excluding carboxylic acids is 1. The number of rotatable bonds is 3. The first-order chi connectivity index (χ1) is 13.6. The lowest BCUT2D eigenvalue weighted by Gasteiger charge is -2.32. The SMILES string of the molecule is O=C(NC1(c2ccc3c(c2)OCCO3)CCCC1)c1ccc2oc(=O)[nH]c2n1. The Morgan fingerprint density at radius 3 is 2.68 bits per heavy atom. The molecular weight excluding hydrogens is 362 g/mol. The number of pyridine rings is 1. The maximum absolute atomic E-state index is 13.0. The molecule has 1 fully saturated rings. The molecule has 0 bridgehead atoms. The highest BCUT2D eigenvalue weighted by Crippen LogP contribution is 2.42. The summed E-state index contributed by atoms with van der Waals surface area (Å²) in [5, 5.41) is 3.18. The lowest BCUT2D eigenvalue weighted by Crippen LogP contribution is -2.44. The number of nitrogens with one attached hydrogen (secondary N) is 2. The van der Waals surface area contributed by atoms with Gasteiger partial charge in [0.05, 0.1) is 5.54 Å². The van der Waals surface area contributed by atoms with E-state index in [2.05, 4.69) is 15.3 Å². The first-order valence-electron chi connectivity index (χ1n) is 9.36. The van der Waals surface area contributed by atoms with Crippen molar-refractivity contribution in [1.29, 1.82) is 0 Å². The number of hydrogen-bond acceptors (Lipinski definition) is 6. The fourth-order valence-electron chi connectivity index (χ4n) is 4.05. The summed E-state index contributed by atoms with van der Waals surface area (Å²) in [4.78, 5) is 31.0. The van der Waals surface area contributed by atoms with Gasteiger partial charge in [-0.2, -0.15) is 0 Å². The van der Waals surface area contributed by atoms with Gasteiger partial charge in [-0.1, -0.05) is 18.9 Å². The van der Waals surface area contributed by atoms with E-state index in [0.717, 1.165) is 37.0 Å². The highest BCUT2D eigenvalue weighted by Gasteiger charge is 2.38. The molecule has 2 N–H and O–H groups in total. The number of fused-ring (bicyclic) bond motifs is 2. The zero-order valence-electron chi connectivity index (χ0n) is 15.1. The van der Waals surface area contributed by atoms with Crippen LogP contribution in [0.5, 0.6) is 11.5 Å². The molecule has 144 valence electrons. The molecule has 0 atom stereocenters. The Balaban J connectivity index is 1.47. The molecule has 5 rings (SSSR count). The van der Waals surface area contributed by atoms with Gasteiger partial charge in [-0.05, 0) is 42.7 Å². The van der Waals surface area contributed by atoms with Crippen molar-refractivity contribution in [1.82, 2.24) is 15.3 Å². The van der Waals surface area contributed by atoms with Gasteiger partial charge in [-0.25, -0.2) is 9.78 Å². The third-order valence-electron chi connectivity index (χ3n) is 5.42. The van der Waals surface area contributed by atoms with Crippen LogP contribution < -0.4 is 20.5 Å². The van der Waals surface area contributed by atoms with Gasteiger partial charge in [-0.3, -0.25) is 9.78 Å². The largest absolute Gasteiger partial charge is 0.486 e. The highest BCUT2D eigenvalue weighted by atomic mass is 16.6. The van der Waals surface area contributed by atoms with Gasteiger partial charge in [0.15, 0.2) is 22.7 Å². The van der Waals surface area contributed by atoms with Crippen LogP contribution in [0.3, 0.4) is 0 Å². The number of oxazole rings is 1. The van der Waals surface area contributed by atoms with Crippen molar-refractivity contribution < 1.29 is 18.7 Å². The molecule has 1 aliphatic carbocycles. The minimum atomic E-state index is -0.594. The Labute approximate surface area is 159 Å². The summed E-state index contributed by atoms with van der Waals surface area (Å²) < 4.78 is 16.3. The third-order valence-corrected chi connectivity index (χ3v) is 5.42. The summed E-state index contributed by atoms with van der Waals surface area (Å²) in [6, 6.07) is 8.98. The monoisotopic (exact) mass is 381 g/mol. The molecule has 1 saturated carbocycles. The van der Waals surface area contributed by atoms with Crippen LogP contribution in [0.2, 0.25) is 0 Å². The summed E-state index contributed by atoms with van der Waals surface area (Å²) >= 11 is 0. The van der Waals surface area contributed by atoms with E-state index in [1.807, 2.05) is 18.2 Å².